The number of ether oxygens (including phenoxy) is 3. The average molecular weight is 1030 g/mol. The third-order valence-electron chi connectivity index (χ3n) is 14.2. The van der Waals surface area contributed by atoms with Gasteiger partial charge in [0.25, 0.3) is 0 Å². The number of amides is 1. The molecular formula is C62H113NO10. The minimum absolute atomic E-state index is 0.0182. The molecule has 0 aliphatic carbocycles. The van der Waals surface area contributed by atoms with Crippen molar-refractivity contribution < 1.29 is 49.3 Å². The zero-order chi connectivity index (χ0) is 53.3. The Kier molecular flexibility index (Phi) is 47.4. The number of allylic oxidation sites excluding steroid dienone is 7. The topological polar surface area (TPSA) is 175 Å². The summed E-state index contributed by atoms with van der Waals surface area (Å²) >= 11 is 0. The number of aliphatic hydroxyl groups excluding tert-OH is 5. The SMILES string of the molecule is CCCCCCCC/C=C\C/C=C/CCC(=O)OC1C(OCC(NC(=O)C(O)CCCCCCCCCCCC/C=C/CCCCCCCC)C(O)/C=C/CCCCCCCCCCC)OC(CO)C(O)C1O. The van der Waals surface area contributed by atoms with Crippen LogP contribution in [0.1, 0.15) is 271 Å². The number of aliphatic hydroxyl groups is 5. The fourth-order valence-corrected chi connectivity index (χ4v) is 9.35. The highest BCUT2D eigenvalue weighted by Crippen LogP contribution is 2.26. The second-order valence-electron chi connectivity index (χ2n) is 21.1. The predicted molar refractivity (Wildman–Crippen MR) is 301 cm³/mol. The van der Waals surface area contributed by atoms with Crippen molar-refractivity contribution in [2.24, 2.45) is 0 Å². The van der Waals surface area contributed by atoms with Gasteiger partial charge in [-0.3, -0.25) is 9.59 Å². The Bertz CT molecular complexity index is 1370. The van der Waals surface area contributed by atoms with E-state index in [9.17, 15) is 35.1 Å². The zero-order valence-corrected chi connectivity index (χ0v) is 47.0. The van der Waals surface area contributed by atoms with Crippen LogP contribution in [-0.2, 0) is 23.8 Å². The van der Waals surface area contributed by atoms with E-state index in [1.165, 1.54) is 173 Å². The van der Waals surface area contributed by atoms with E-state index in [1.54, 1.807) is 6.08 Å². The summed E-state index contributed by atoms with van der Waals surface area (Å²) in [7, 11) is 0. The summed E-state index contributed by atoms with van der Waals surface area (Å²) in [5.41, 5.74) is 0. The van der Waals surface area contributed by atoms with E-state index in [0.717, 1.165) is 51.4 Å². The smallest absolute Gasteiger partial charge is 0.306 e. The van der Waals surface area contributed by atoms with Gasteiger partial charge in [0, 0.05) is 6.42 Å². The molecule has 1 amide bonds. The molecule has 11 heteroatoms. The molecule has 1 fully saturated rings. The lowest BCUT2D eigenvalue weighted by molar-refractivity contribution is -0.305. The summed E-state index contributed by atoms with van der Waals surface area (Å²) in [4.78, 5) is 26.4. The van der Waals surface area contributed by atoms with Crippen LogP contribution >= 0.6 is 0 Å². The van der Waals surface area contributed by atoms with Gasteiger partial charge in [-0.2, -0.15) is 0 Å². The number of hydrogen-bond acceptors (Lipinski definition) is 10. The first-order chi connectivity index (χ1) is 35.7. The molecule has 8 atom stereocenters. The lowest BCUT2D eigenvalue weighted by atomic mass is 9.99. The minimum Gasteiger partial charge on any atom is -0.454 e. The summed E-state index contributed by atoms with van der Waals surface area (Å²) < 4.78 is 17.5. The molecule has 1 heterocycles. The van der Waals surface area contributed by atoms with Crippen LogP contribution in [0.3, 0.4) is 0 Å². The van der Waals surface area contributed by atoms with Crippen molar-refractivity contribution in [3.8, 4) is 0 Å². The van der Waals surface area contributed by atoms with Gasteiger partial charge in [-0.05, 0) is 70.6 Å². The van der Waals surface area contributed by atoms with E-state index in [1.807, 2.05) is 18.2 Å². The molecule has 0 bridgehead atoms. The lowest BCUT2D eigenvalue weighted by Crippen LogP contribution is -2.61. The fraction of sp³-hybridized carbons (Fsp3) is 0.839. The Labute approximate surface area is 446 Å². The molecule has 6 N–H and O–H groups in total. The number of rotatable bonds is 51. The van der Waals surface area contributed by atoms with Crippen LogP contribution in [0.2, 0.25) is 0 Å². The minimum atomic E-state index is -1.63. The number of nitrogens with one attached hydrogen (secondary N) is 1. The van der Waals surface area contributed by atoms with Crippen LogP contribution < -0.4 is 5.32 Å². The Morgan fingerprint density at radius 1 is 0.534 bits per heavy atom. The number of esters is 1. The van der Waals surface area contributed by atoms with Gasteiger partial charge in [0.05, 0.1) is 25.4 Å². The third-order valence-corrected chi connectivity index (χ3v) is 14.2. The molecule has 0 aromatic rings. The molecule has 0 spiro atoms. The Morgan fingerprint density at radius 2 is 0.945 bits per heavy atom. The lowest BCUT2D eigenvalue weighted by Gasteiger charge is -2.41. The summed E-state index contributed by atoms with van der Waals surface area (Å²) in [5, 5.41) is 56.8. The van der Waals surface area contributed by atoms with Gasteiger partial charge in [-0.1, -0.05) is 243 Å². The summed E-state index contributed by atoms with van der Waals surface area (Å²) in [6.45, 7) is 5.74. The molecule has 11 nitrogen and oxygen atoms in total. The third kappa shape index (κ3) is 38.8. The first kappa shape index (κ1) is 68.6. The second kappa shape index (κ2) is 50.4. The monoisotopic (exact) mass is 1030 g/mol. The van der Waals surface area contributed by atoms with Crippen LogP contribution in [0.15, 0.2) is 48.6 Å². The van der Waals surface area contributed by atoms with Crippen molar-refractivity contribution in [2.45, 2.75) is 320 Å². The Balaban J connectivity index is 2.68. The molecule has 8 unspecified atom stereocenters. The van der Waals surface area contributed by atoms with Gasteiger partial charge in [-0.25, -0.2) is 0 Å². The van der Waals surface area contributed by atoms with E-state index < -0.39 is 67.4 Å². The summed E-state index contributed by atoms with van der Waals surface area (Å²) in [6.07, 6.45) is 50.3. The maximum absolute atomic E-state index is 13.4. The summed E-state index contributed by atoms with van der Waals surface area (Å²) in [5.74, 6) is -1.26. The van der Waals surface area contributed by atoms with E-state index in [4.69, 9.17) is 14.2 Å². The first-order valence-electron chi connectivity index (χ1n) is 30.4. The van der Waals surface area contributed by atoms with Gasteiger partial charge < -0.3 is 45.1 Å². The van der Waals surface area contributed by atoms with Crippen molar-refractivity contribution in [2.75, 3.05) is 13.2 Å². The van der Waals surface area contributed by atoms with Gasteiger partial charge in [0.1, 0.15) is 24.4 Å². The average Bonchev–Trinajstić information content (AvgIpc) is 3.39. The zero-order valence-electron chi connectivity index (χ0n) is 47.0. The van der Waals surface area contributed by atoms with Crippen molar-refractivity contribution in [3.63, 3.8) is 0 Å². The Hall–Kier alpha value is -2.38. The van der Waals surface area contributed by atoms with Gasteiger partial charge in [0.15, 0.2) is 12.4 Å². The van der Waals surface area contributed by atoms with Gasteiger partial charge in [-0.15, -0.1) is 0 Å². The Morgan fingerprint density at radius 3 is 1.41 bits per heavy atom. The van der Waals surface area contributed by atoms with Crippen LogP contribution in [0, 0.1) is 0 Å². The van der Waals surface area contributed by atoms with Crippen LogP contribution in [0.4, 0.5) is 0 Å². The highest BCUT2D eigenvalue weighted by Gasteiger charge is 2.47. The van der Waals surface area contributed by atoms with Gasteiger partial charge in [0.2, 0.25) is 5.91 Å². The molecule has 1 aliphatic rings. The van der Waals surface area contributed by atoms with Crippen LogP contribution in [-0.4, -0.2) is 99.6 Å². The number of hydrogen-bond donors (Lipinski definition) is 6. The normalized spacial score (nSPS) is 19.7. The molecule has 0 aromatic heterocycles. The maximum atomic E-state index is 13.4. The van der Waals surface area contributed by atoms with E-state index in [2.05, 4.69) is 50.4 Å². The van der Waals surface area contributed by atoms with Crippen LogP contribution in [0.5, 0.6) is 0 Å². The molecule has 0 saturated carbocycles. The highest BCUT2D eigenvalue weighted by molar-refractivity contribution is 5.80. The number of carbonyl (C=O) groups excluding carboxylic acids is 2. The molecule has 1 saturated heterocycles. The van der Waals surface area contributed by atoms with E-state index in [0.29, 0.717) is 12.8 Å². The molecular weight excluding hydrogens is 919 g/mol. The van der Waals surface area contributed by atoms with E-state index >= 15 is 0 Å². The second-order valence-corrected chi connectivity index (χ2v) is 21.1. The molecule has 0 aromatic carbocycles. The maximum Gasteiger partial charge on any atom is 0.306 e. The number of unbranched alkanes of at least 4 members (excludes halogenated alkanes) is 31. The van der Waals surface area contributed by atoms with Crippen LogP contribution in [0.25, 0.3) is 0 Å². The standard InChI is InChI=1S/C62H113NO10/c1-4-7-10-13-16-19-22-24-25-26-27-28-29-30-32-34-37-40-43-46-49-55(66)61(70)63-53(54(65)48-45-42-39-36-33-21-18-15-12-9-6-3)52-71-62-60(59(69)58(68)56(51-64)72-62)73-57(67)50-47-44-41-38-35-31-23-20-17-14-11-8-5-2/h24-25,31,35,41,44-45,48,53-56,58-60,62,64-66,68-69H,4-23,26-30,32-34,36-40,42-43,46-47,49-52H2,1-3H3,(H,63,70)/b25-24+,35-31-,44-41+,48-45+. The largest absolute Gasteiger partial charge is 0.454 e. The van der Waals surface area contributed by atoms with Crippen molar-refractivity contribution in [3.05, 3.63) is 48.6 Å². The quantitative estimate of drug-likeness (QED) is 0.0195. The molecule has 1 aliphatic heterocycles. The molecule has 1 rings (SSSR count). The van der Waals surface area contributed by atoms with Crippen molar-refractivity contribution in [1.29, 1.82) is 0 Å². The predicted octanol–water partition coefficient (Wildman–Crippen LogP) is 14.1. The van der Waals surface area contributed by atoms with Crippen molar-refractivity contribution in [1.82, 2.24) is 5.32 Å². The first-order valence-corrected chi connectivity index (χ1v) is 30.4. The number of carbonyl (C=O) groups is 2. The molecule has 426 valence electrons. The highest BCUT2D eigenvalue weighted by atomic mass is 16.7. The van der Waals surface area contributed by atoms with Crippen molar-refractivity contribution >= 4 is 11.9 Å². The van der Waals surface area contributed by atoms with E-state index in [-0.39, 0.29) is 19.4 Å². The fourth-order valence-electron chi connectivity index (χ4n) is 9.35. The van der Waals surface area contributed by atoms with Gasteiger partial charge >= 0.3 is 5.97 Å². The summed E-state index contributed by atoms with van der Waals surface area (Å²) in [6, 6.07) is -1.03. The molecule has 0 radical (unpaired) electrons. The molecule has 73 heavy (non-hydrogen) atoms.